The number of alkyl halides is 3. The fourth-order valence-electron chi connectivity index (χ4n) is 1.21. The second-order valence-electron chi connectivity index (χ2n) is 3.11. The molecule has 0 fully saturated rings. The summed E-state index contributed by atoms with van der Waals surface area (Å²) in [6.45, 7) is 0. The van der Waals surface area contributed by atoms with E-state index in [9.17, 15) is 18.0 Å². The minimum absolute atomic E-state index is 0.266. The van der Waals surface area contributed by atoms with Gasteiger partial charge in [-0.2, -0.15) is 5.26 Å². The van der Waals surface area contributed by atoms with Crippen LogP contribution in [0, 0.1) is 11.3 Å². The lowest BCUT2D eigenvalue weighted by Gasteiger charge is -2.13. The molecule has 0 aliphatic carbocycles. The van der Waals surface area contributed by atoms with Gasteiger partial charge >= 0.3 is 12.3 Å². The van der Waals surface area contributed by atoms with Crippen LogP contribution in [0.3, 0.4) is 0 Å². The first kappa shape index (κ1) is 13.6. The van der Waals surface area contributed by atoms with Crippen LogP contribution in [-0.4, -0.2) is 22.4 Å². The van der Waals surface area contributed by atoms with E-state index in [2.05, 4.69) is 9.72 Å². The number of hydrogen-bond donors (Lipinski definition) is 2. The zero-order valence-corrected chi connectivity index (χ0v) is 8.65. The van der Waals surface area contributed by atoms with Crippen molar-refractivity contribution in [2.45, 2.75) is 12.8 Å². The first-order chi connectivity index (χ1) is 8.23. The Hall–Kier alpha value is -2.50. The van der Waals surface area contributed by atoms with Crippen molar-refractivity contribution in [3.05, 3.63) is 17.3 Å². The second kappa shape index (κ2) is 4.79. The normalized spacial score (nSPS) is 10.8. The van der Waals surface area contributed by atoms with Crippen LogP contribution in [0.2, 0.25) is 0 Å². The molecule has 0 amide bonds. The summed E-state index contributed by atoms with van der Waals surface area (Å²) < 4.78 is 40.0. The number of ether oxygens (including phenoxy) is 1. The van der Waals surface area contributed by atoms with Crippen molar-refractivity contribution < 1.29 is 27.8 Å². The molecule has 1 aromatic heterocycles. The molecule has 0 saturated carbocycles. The van der Waals surface area contributed by atoms with Crippen LogP contribution >= 0.6 is 0 Å². The number of nitrogens with two attached hydrogens (primary N) is 1. The topological polar surface area (TPSA) is 109 Å². The number of nitriles is 1. The number of aliphatic carboxylic acids is 1. The number of pyridine rings is 1. The summed E-state index contributed by atoms with van der Waals surface area (Å²) in [6, 6.07) is 2.28. The van der Waals surface area contributed by atoms with E-state index in [0.29, 0.717) is 0 Å². The molecule has 9 heteroatoms. The molecule has 0 aromatic carbocycles. The molecule has 0 spiro atoms. The molecule has 0 saturated heterocycles. The summed E-state index contributed by atoms with van der Waals surface area (Å²) in [5, 5.41) is 17.2. The molecule has 0 radical (unpaired) electrons. The van der Waals surface area contributed by atoms with E-state index in [-0.39, 0.29) is 11.4 Å². The Morgan fingerprint density at radius 2 is 2.22 bits per heavy atom. The highest BCUT2D eigenvalue weighted by Crippen LogP contribution is 2.30. The lowest BCUT2D eigenvalue weighted by molar-refractivity contribution is -0.275. The molecule has 96 valence electrons. The van der Waals surface area contributed by atoms with Gasteiger partial charge in [-0.25, -0.2) is 4.98 Å². The van der Waals surface area contributed by atoms with Gasteiger partial charge in [-0.1, -0.05) is 0 Å². The maximum Gasteiger partial charge on any atom is 0.573 e. The van der Waals surface area contributed by atoms with Gasteiger partial charge in [0, 0.05) is 5.56 Å². The summed E-state index contributed by atoms with van der Waals surface area (Å²) >= 11 is 0. The van der Waals surface area contributed by atoms with Crippen LogP contribution in [0.25, 0.3) is 0 Å². The van der Waals surface area contributed by atoms with Crippen molar-refractivity contribution in [2.75, 3.05) is 5.73 Å². The zero-order chi connectivity index (χ0) is 13.9. The SMILES string of the molecule is N#Cc1nc(N)cc(CC(=O)O)c1OC(F)(F)F. The fraction of sp³-hybridized carbons (Fsp3) is 0.222. The predicted octanol–water partition coefficient (Wildman–Crippen LogP) is 1.06. The van der Waals surface area contributed by atoms with E-state index in [4.69, 9.17) is 16.1 Å². The summed E-state index contributed by atoms with van der Waals surface area (Å²) in [7, 11) is 0. The number of rotatable bonds is 3. The molecule has 3 N–H and O–H groups in total. The quantitative estimate of drug-likeness (QED) is 0.841. The first-order valence-electron chi connectivity index (χ1n) is 4.40. The molecule has 0 bridgehead atoms. The van der Waals surface area contributed by atoms with Gasteiger partial charge in [0.25, 0.3) is 0 Å². The second-order valence-corrected chi connectivity index (χ2v) is 3.11. The van der Waals surface area contributed by atoms with Gasteiger partial charge in [0.1, 0.15) is 11.9 Å². The molecule has 1 heterocycles. The monoisotopic (exact) mass is 261 g/mol. The number of aromatic nitrogens is 1. The van der Waals surface area contributed by atoms with Gasteiger partial charge in [-0.15, -0.1) is 13.2 Å². The van der Waals surface area contributed by atoms with E-state index < -0.39 is 30.2 Å². The molecular weight excluding hydrogens is 255 g/mol. The Balaban J connectivity index is 3.34. The highest BCUT2D eigenvalue weighted by atomic mass is 19.4. The molecule has 1 aromatic rings. The molecule has 18 heavy (non-hydrogen) atoms. The number of anilines is 1. The number of halogens is 3. The van der Waals surface area contributed by atoms with Crippen molar-refractivity contribution in [3.63, 3.8) is 0 Å². The molecule has 0 atom stereocenters. The Bertz CT molecular complexity index is 522. The van der Waals surface area contributed by atoms with Crippen LogP contribution in [0.15, 0.2) is 6.07 Å². The van der Waals surface area contributed by atoms with Crippen LogP contribution in [0.4, 0.5) is 19.0 Å². The Kier molecular flexibility index (Phi) is 3.61. The maximum absolute atomic E-state index is 12.1. The lowest BCUT2D eigenvalue weighted by Crippen LogP contribution is -2.20. The Morgan fingerprint density at radius 3 is 2.67 bits per heavy atom. The Labute approximate surface area is 98.4 Å². The fourth-order valence-corrected chi connectivity index (χ4v) is 1.21. The number of carbonyl (C=O) groups is 1. The molecule has 0 aliphatic rings. The van der Waals surface area contributed by atoms with Gasteiger partial charge in [0.15, 0.2) is 11.4 Å². The van der Waals surface area contributed by atoms with Gasteiger partial charge < -0.3 is 15.6 Å². The van der Waals surface area contributed by atoms with Crippen LogP contribution in [-0.2, 0) is 11.2 Å². The van der Waals surface area contributed by atoms with Crippen molar-refractivity contribution >= 4 is 11.8 Å². The summed E-state index contributed by atoms with van der Waals surface area (Å²) in [5.74, 6) is -2.60. The first-order valence-corrected chi connectivity index (χ1v) is 4.40. The highest BCUT2D eigenvalue weighted by Gasteiger charge is 2.34. The number of carboxylic acids is 1. The van der Waals surface area contributed by atoms with Gasteiger partial charge in [0.2, 0.25) is 0 Å². The standard InChI is InChI=1S/C9H6F3N3O3/c10-9(11,12)18-8-4(2-7(16)17)1-6(14)15-5(8)3-13/h1H,2H2,(H2,14,15)(H,16,17). The summed E-state index contributed by atoms with van der Waals surface area (Å²) in [5.41, 5.74) is 4.16. The Morgan fingerprint density at radius 1 is 1.61 bits per heavy atom. The van der Waals surface area contributed by atoms with Gasteiger partial charge in [0.05, 0.1) is 6.42 Å². The molecule has 0 aliphatic heterocycles. The average molecular weight is 261 g/mol. The molecule has 6 nitrogen and oxygen atoms in total. The van der Waals surface area contributed by atoms with Gasteiger partial charge in [-0.05, 0) is 6.07 Å². The maximum atomic E-state index is 12.1. The average Bonchev–Trinajstić information content (AvgIpc) is 2.19. The van der Waals surface area contributed by atoms with E-state index in [1.54, 1.807) is 0 Å². The van der Waals surface area contributed by atoms with Gasteiger partial charge in [-0.3, -0.25) is 4.79 Å². The zero-order valence-electron chi connectivity index (χ0n) is 8.65. The predicted molar refractivity (Wildman–Crippen MR) is 51.4 cm³/mol. The van der Waals surface area contributed by atoms with Crippen molar-refractivity contribution in [1.82, 2.24) is 4.98 Å². The van der Waals surface area contributed by atoms with E-state index in [0.717, 1.165) is 6.07 Å². The van der Waals surface area contributed by atoms with Crippen LogP contribution in [0.5, 0.6) is 5.75 Å². The molecular formula is C9H6F3N3O3. The van der Waals surface area contributed by atoms with Crippen molar-refractivity contribution in [1.29, 1.82) is 5.26 Å². The number of carboxylic acid groups (broad SMARTS) is 1. The lowest BCUT2D eigenvalue weighted by atomic mass is 10.1. The molecule has 0 unspecified atom stereocenters. The van der Waals surface area contributed by atoms with E-state index in [1.165, 1.54) is 6.07 Å². The highest BCUT2D eigenvalue weighted by molar-refractivity contribution is 5.72. The smallest absolute Gasteiger partial charge is 0.481 e. The minimum atomic E-state index is -5.06. The van der Waals surface area contributed by atoms with Crippen molar-refractivity contribution in [3.8, 4) is 11.8 Å². The van der Waals surface area contributed by atoms with Crippen LogP contribution < -0.4 is 10.5 Å². The van der Waals surface area contributed by atoms with Crippen LogP contribution in [0.1, 0.15) is 11.3 Å². The minimum Gasteiger partial charge on any atom is -0.481 e. The number of nitrogen functional groups attached to an aromatic ring is 1. The third kappa shape index (κ3) is 3.51. The summed E-state index contributed by atoms with van der Waals surface area (Å²) in [6.07, 6.45) is -5.83. The summed E-state index contributed by atoms with van der Waals surface area (Å²) in [4.78, 5) is 13.9. The largest absolute Gasteiger partial charge is 0.573 e. The third-order valence-electron chi connectivity index (χ3n) is 1.74. The van der Waals surface area contributed by atoms with Crippen molar-refractivity contribution in [2.24, 2.45) is 0 Å². The van der Waals surface area contributed by atoms with E-state index in [1.807, 2.05) is 0 Å². The third-order valence-corrected chi connectivity index (χ3v) is 1.74. The number of hydrogen-bond acceptors (Lipinski definition) is 5. The van der Waals surface area contributed by atoms with E-state index >= 15 is 0 Å². The molecule has 1 rings (SSSR count). The number of nitrogens with zero attached hydrogens (tertiary/aromatic N) is 2.